The molecule has 0 bridgehead atoms. The maximum Gasteiger partial charge on any atom is 0.227 e. The molecule has 2 aromatic carbocycles. The van der Waals surface area contributed by atoms with E-state index in [0.717, 1.165) is 35.9 Å². The van der Waals surface area contributed by atoms with Gasteiger partial charge in [0.25, 0.3) is 0 Å². The Morgan fingerprint density at radius 3 is 2.44 bits per heavy atom. The quantitative estimate of drug-likeness (QED) is 0.286. The number of methoxy groups -OCH3 is 1. The summed E-state index contributed by atoms with van der Waals surface area (Å²) in [5.74, 6) is 0.963. The minimum atomic E-state index is -1.65. The van der Waals surface area contributed by atoms with E-state index in [1.165, 1.54) is 16.7 Å². The van der Waals surface area contributed by atoms with Crippen molar-refractivity contribution in [3.63, 3.8) is 0 Å². The van der Waals surface area contributed by atoms with Gasteiger partial charge in [-0.15, -0.1) is 0 Å². The first-order chi connectivity index (χ1) is 18.9. The fraction of sp³-hybridized carbons (Fsp3) is 0.618. The molecule has 0 aliphatic carbocycles. The third kappa shape index (κ3) is 8.37. The largest absolute Gasteiger partial charge is 0.496 e. The van der Waals surface area contributed by atoms with Gasteiger partial charge in [0, 0.05) is 17.8 Å². The summed E-state index contributed by atoms with van der Waals surface area (Å²) in [6.45, 7) is 20.7. The molecule has 1 N–H and O–H groups in total. The molecule has 0 fully saturated rings. The predicted octanol–water partition coefficient (Wildman–Crippen LogP) is 7.52. The first kappa shape index (κ1) is 33.6. The molecule has 0 saturated heterocycles. The van der Waals surface area contributed by atoms with Crippen LogP contribution in [0.25, 0.3) is 0 Å². The lowest BCUT2D eigenvalue weighted by Gasteiger charge is -2.38. The van der Waals surface area contributed by atoms with Crippen molar-refractivity contribution in [2.45, 2.75) is 110 Å². The number of aliphatic hydroxyl groups is 1. The van der Waals surface area contributed by atoms with Crippen LogP contribution in [0.15, 0.2) is 30.3 Å². The predicted molar refractivity (Wildman–Crippen MR) is 173 cm³/mol. The fourth-order valence-corrected chi connectivity index (χ4v) is 6.78. The number of benzene rings is 2. The van der Waals surface area contributed by atoms with Gasteiger partial charge in [0.05, 0.1) is 39.9 Å². The number of rotatable bonds is 10. The Hall–Kier alpha value is -1.86. The third-order valence-corrected chi connectivity index (χ3v) is 14.7. The van der Waals surface area contributed by atoms with E-state index in [9.17, 15) is 9.90 Å². The van der Waals surface area contributed by atoms with Crippen LogP contribution in [0.3, 0.4) is 0 Å². The zero-order valence-electron chi connectivity index (χ0n) is 27.0. The summed E-state index contributed by atoms with van der Waals surface area (Å²) >= 11 is 6.61. The molecule has 2 unspecified atom stereocenters. The van der Waals surface area contributed by atoms with E-state index < -0.39 is 13.7 Å². The zero-order valence-corrected chi connectivity index (χ0v) is 28.7. The molecule has 228 valence electrons. The molecule has 0 spiro atoms. The van der Waals surface area contributed by atoms with E-state index in [0.29, 0.717) is 24.6 Å². The fourth-order valence-electron chi connectivity index (χ4n) is 5.44. The minimum absolute atomic E-state index is 0.0573. The highest BCUT2D eigenvalue weighted by Gasteiger charge is 2.37. The summed E-state index contributed by atoms with van der Waals surface area (Å²) in [4.78, 5) is 16.2. The molecule has 41 heavy (non-hydrogen) atoms. The number of carbonyl (C=O) groups is 1. The molecule has 2 aromatic rings. The Bertz CT molecular complexity index is 1210. The van der Waals surface area contributed by atoms with Crippen molar-refractivity contribution in [2.24, 2.45) is 0 Å². The number of carbonyl (C=O) groups excluding carboxylic acids is 1. The summed E-state index contributed by atoms with van der Waals surface area (Å²) in [6.07, 6.45) is 3.17. The molecule has 7 heteroatoms. The van der Waals surface area contributed by atoms with Gasteiger partial charge in [-0.25, -0.2) is 0 Å². The molecule has 0 aromatic heterocycles. The highest BCUT2D eigenvalue weighted by molar-refractivity contribution is 6.80. The van der Waals surface area contributed by atoms with Crippen molar-refractivity contribution in [1.82, 2.24) is 4.90 Å². The lowest BCUT2D eigenvalue weighted by molar-refractivity contribution is -0.134. The SMILES string of the molecule is COc1ccc(Cl)c(CC(=O)N2CC(C)c3cccc(CCC(C)(C)O)c3CC2COC[Si](C)(C)C(C)(C)C)c1C. The van der Waals surface area contributed by atoms with E-state index >= 15 is 0 Å². The summed E-state index contributed by atoms with van der Waals surface area (Å²) in [7, 11) is -0.0125. The second kappa shape index (κ2) is 13.2. The smallest absolute Gasteiger partial charge is 0.227 e. The molecule has 1 heterocycles. The number of fused-ring (bicyclic) bond motifs is 1. The molecule has 5 nitrogen and oxygen atoms in total. The van der Waals surface area contributed by atoms with Crippen molar-refractivity contribution in [3.8, 4) is 5.75 Å². The van der Waals surface area contributed by atoms with Gasteiger partial charge in [-0.2, -0.15) is 0 Å². The van der Waals surface area contributed by atoms with Crippen LogP contribution in [0, 0.1) is 6.92 Å². The van der Waals surface area contributed by atoms with Crippen LogP contribution >= 0.6 is 11.6 Å². The van der Waals surface area contributed by atoms with Gasteiger partial charge in [0.2, 0.25) is 5.91 Å². The highest BCUT2D eigenvalue weighted by atomic mass is 35.5. The van der Waals surface area contributed by atoms with Crippen LogP contribution in [-0.2, 0) is 28.8 Å². The summed E-state index contributed by atoms with van der Waals surface area (Å²) in [5.41, 5.74) is 4.83. The van der Waals surface area contributed by atoms with E-state index in [2.05, 4.69) is 59.0 Å². The Morgan fingerprint density at radius 2 is 1.83 bits per heavy atom. The van der Waals surface area contributed by atoms with Crippen LogP contribution in [0.2, 0.25) is 23.2 Å². The first-order valence-electron chi connectivity index (χ1n) is 15.0. The Balaban J connectivity index is 1.97. The van der Waals surface area contributed by atoms with Crippen LogP contribution < -0.4 is 4.74 Å². The number of nitrogens with zero attached hydrogens (tertiary/aromatic N) is 1. The van der Waals surface area contributed by atoms with Gasteiger partial charge in [-0.1, -0.05) is 70.6 Å². The summed E-state index contributed by atoms with van der Waals surface area (Å²) in [6, 6.07) is 10.1. The Kier molecular flexibility index (Phi) is 10.8. The molecule has 0 radical (unpaired) electrons. The highest BCUT2D eigenvalue weighted by Crippen LogP contribution is 2.37. The molecule has 0 saturated carbocycles. The Labute approximate surface area is 254 Å². The number of hydrogen-bond acceptors (Lipinski definition) is 4. The van der Waals surface area contributed by atoms with Gasteiger partial charge in [-0.3, -0.25) is 4.79 Å². The lowest BCUT2D eigenvalue weighted by Crippen LogP contribution is -2.48. The monoisotopic (exact) mass is 601 g/mol. The summed E-state index contributed by atoms with van der Waals surface area (Å²) < 4.78 is 12.0. The van der Waals surface area contributed by atoms with E-state index in [4.69, 9.17) is 21.1 Å². The maximum absolute atomic E-state index is 14.1. The summed E-state index contributed by atoms with van der Waals surface area (Å²) in [5, 5.41) is 11.3. The van der Waals surface area contributed by atoms with Gasteiger partial charge >= 0.3 is 0 Å². The first-order valence-corrected chi connectivity index (χ1v) is 18.6. The average molecular weight is 602 g/mol. The average Bonchev–Trinajstić information content (AvgIpc) is 3.00. The van der Waals surface area contributed by atoms with Crippen molar-refractivity contribution in [2.75, 3.05) is 26.5 Å². The number of amides is 1. The number of halogens is 1. The Morgan fingerprint density at radius 1 is 1.15 bits per heavy atom. The second-order valence-corrected chi connectivity index (χ2v) is 20.2. The normalized spacial score (nSPS) is 18.2. The topological polar surface area (TPSA) is 59.0 Å². The maximum atomic E-state index is 14.1. The second-order valence-electron chi connectivity index (χ2n) is 14.3. The molecular formula is C34H52ClNO4Si. The number of hydrogen-bond donors (Lipinski definition) is 1. The minimum Gasteiger partial charge on any atom is -0.496 e. The van der Waals surface area contributed by atoms with Crippen LogP contribution in [-0.4, -0.2) is 62.1 Å². The number of ether oxygens (including phenoxy) is 2. The van der Waals surface area contributed by atoms with E-state index in [1.807, 2.05) is 37.8 Å². The van der Waals surface area contributed by atoms with Gasteiger partial charge in [0.1, 0.15) is 5.75 Å². The van der Waals surface area contributed by atoms with Crippen molar-refractivity contribution in [3.05, 3.63) is 63.2 Å². The van der Waals surface area contributed by atoms with Crippen molar-refractivity contribution in [1.29, 1.82) is 0 Å². The van der Waals surface area contributed by atoms with Crippen molar-refractivity contribution >= 4 is 25.6 Å². The number of aryl methyl sites for hydroxylation is 1. The molecule has 2 atom stereocenters. The van der Waals surface area contributed by atoms with Crippen LogP contribution in [0.1, 0.15) is 81.7 Å². The van der Waals surface area contributed by atoms with Crippen LogP contribution in [0.5, 0.6) is 5.75 Å². The van der Waals surface area contributed by atoms with E-state index in [1.54, 1.807) is 7.11 Å². The molecule has 1 amide bonds. The van der Waals surface area contributed by atoms with Crippen LogP contribution in [0.4, 0.5) is 0 Å². The molecule has 1 aliphatic rings. The third-order valence-electron chi connectivity index (χ3n) is 9.36. The zero-order chi connectivity index (χ0) is 30.8. The van der Waals surface area contributed by atoms with Gasteiger partial charge in [0.15, 0.2) is 0 Å². The van der Waals surface area contributed by atoms with Gasteiger partial charge < -0.3 is 19.5 Å². The molecule has 3 rings (SSSR count). The standard InChI is InChI=1S/C34H52ClNO4Si/c1-23-20-36(32(37)19-28-24(2)31(39-8)15-14-30(28)35)26(21-40-22-41(9,10)33(3,4)5)18-29-25(12-11-13-27(23)29)16-17-34(6,7)38/h11-15,23,26,38H,16-22H2,1-10H3. The molecule has 1 aliphatic heterocycles. The van der Waals surface area contributed by atoms with E-state index in [-0.39, 0.29) is 29.3 Å². The van der Waals surface area contributed by atoms with Gasteiger partial charge in [-0.05, 0) is 90.9 Å². The molecular weight excluding hydrogens is 550 g/mol. The van der Waals surface area contributed by atoms with Crippen molar-refractivity contribution < 1.29 is 19.4 Å². The lowest BCUT2D eigenvalue weighted by atomic mass is 9.87.